The fraction of sp³-hybridized carbons (Fsp3) is 0. The lowest BCUT2D eigenvalue weighted by molar-refractivity contribution is 1.02. The topological polar surface area (TPSA) is 154 Å². The summed E-state index contributed by atoms with van der Waals surface area (Å²) in [6.07, 6.45) is 1.20. The van der Waals surface area contributed by atoms with E-state index in [1.807, 2.05) is 0 Å². The summed E-state index contributed by atoms with van der Waals surface area (Å²) in [5, 5.41) is 5.61. The molecule has 0 saturated carbocycles. The molecular formula is C13H12N8O2S2. The Labute approximate surface area is 151 Å². The third-order valence-corrected chi connectivity index (χ3v) is 3.61. The molecule has 0 aliphatic carbocycles. The summed E-state index contributed by atoms with van der Waals surface area (Å²) in [5.41, 5.74) is 5.09. The standard InChI is InChI=1S/C13H12N8O2S2/c14-10-19-11(16-6-3-5(24)1-2-8(6)25)21-12(20-10)17-7-4-15-13(23)18-9(7)22/h1-4,24-25H,(H2,15,18,22,23)(H4,14,16,17,19,20,21). The van der Waals surface area contributed by atoms with Gasteiger partial charge in [0.25, 0.3) is 5.56 Å². The summed E-state index contributed by atoms with van der Waals surface area (Å²) in [7, 11) is 0. The van der Waals surface area contributed by atoms with Crippen molar-refractivity contribution in [3.05, 3.63) is 45.2 Å². The molecule has 10 nitrogen and oxygen atoms in total. The van der Waals surface area contributed by atoms with Gasteiger partial charge in [0.05, 0.1) is 5.69 Å². The minimum Gasteiger partial charge on any atom is -0.368 e. The average Bonchev–Trinajstić information content (AvgIpc) is 2.53. The van der Waals surface area contributed by atoms with Crippen molar-refractivity contribution in [3.63, 3.8) is 0 Å². The molecule has 128 valence electrons. The normalized spacial score (nSPS) is 10.5. The Morgan fingerprint density at radius 2 is 1.68 bits per heavy atom. The molecule has 0 amide bonds. The molecule has 2 heterocycles. The highest BCUT2D eigenvalue weighted by molar-refractivity contribution is 7.80. The molecule has 12 heteroatoms. The van der Waals surface area contributed by atoms with Crippen molar-refractivity contribution in [2.45, 2.75) is 9.79 Å². The van der Waals surface area contributed by atoms with Gasteiger partial charge >= 0.3 is 5.69 Å². The maximum atomic E-state index is 11.7. The van der Waals surface area contributed by atoms with Crippen LogP contribution in [0.4, 0.5) is 29.2 Å². The molecule has 0 bridgehead atoms. The first-order valence-electron chi connectivity index (χ1n) is 6.80. The summed E-state index contributed by atoms with van der Waals surface area (Å²) in [5.74, 6) is 0.101. The van der Waals surface area contributed by atoms with Crippen molar-refractivity contribution in [1.82, 2.24) is 24.9 Å². The van der Waals surface area contributed by atoms with Gasteiger partial charge in [-0.2, -0.15) is 15.0 Å². The van der Waals surface area contributed by atoms with E-state index in [0.717, 1.165) is 4.90 Å². The summed E-state index contributed by atoms with van der Waals surface area (Å²) in [6, 6.07) is 5.29. The Morgan fingerprint density at radius 1 is 1.00 bits per heavy atom. The van der Waals surface area contributed by atoms with Crippen molar-refractivity contribution in [2.24, 2.45) is 0 Å². The zero-order valence-electron chi connectivity index (χ0n) is 12.4. The largest absolute Gasteiger partial charge is 0.368 e. The van der Waals surface area contributed by atoms with Gasteiger partial charge in [-0.05, 0) is 18.2 Å². The van der Waals surface area contributed by atoms with Gasteiger partial charge in [0.2, 0.25) is 17.8 Å². The molecule has 0 unspecified atom stereocenters. The third kappa shape index (κ3) is 4.10. The Balaban J connectivity index is 1.91. The van der Waals surface area contributed by atoms with E-state index >= 15 is 0 Å². The van der Waals surface area contributed by atoms with Crippen molar-refractivity contribution in [1.29, 1.82) is 0 Å². The van der Waals surface area contributed by atoms with Crippen LogP contribution in [0.3, 0.4) is 0 Å². The Kier molecular flexibility index (Phi) is 4.63. The van der Waals surface area contributed by atoms with E-state index in [1.54, 1.807) is 18.2 Å². The van der Waals surface area contributed by atoms with E-state index in [0.29, 0.717) is 10.6 Å². The summed E-state index contributed by atoms with van der Waals surface area (Å²) < 4.78 is 0. The SMILES string of the molecule is Nc1nc(Nc2cc(S)ccc2S)nc(Nc2c[nH]c(=O)[nH]c2=O)n1. The Bertz CT molecular complexity index is 1050. The molecule has 0 aliphatic rings. The summed E-state index contributed by atoms with van der Waals surface area (Å²) >= 11 is 8.60. The number of nitrogens with two attached hydrogens (primary N) is 1. The second kappa shape index (κ2) is 6.86. The van der Waals surface area contributed by atoms with E-state index in [9.17, 15) is 9.59 Å². The van der Waals surface area contributed by atoms with E-state index < -0.39 is 11.2 Å². The second-order valence-electron chi connectivity index (χ2n) is 4.78. The van der Waals surface area contributed by atoms with Gasteiger partial charge < -0.3 is 21.4 Å². The highest BCUT2D eigenvalue weighted by atomic mass is 32.1. The summed E-state index contributed by atoms with van der Waals surface area (Å²) in [4.78, 5) is 40.6. The smallest absolute Gasteiger partial charge is 0.325 e. The molecule has 25 heavy (non-hydrogen) atoms. The van der Waals surface area contributed by atoms with Crippen LogP contribution in [0, 0.1) is 0 Å². The van der Waals surface area contributed by atoms with Crippen LogP contribution < -0.4 is 27.6 Å². The molecule has 3 rings (SSSR count). The molecule has 0 aliphatic heterocycles. The molecule has 6 N–H and O–H groups in total. The number of nitrogen functional groups attached to an aromatic ring is 1. The molecule has 0 atom stereocenters. The Hall–Kier alpha value is -2.99. The highest BCUT2D eigenvalue weighted by Gasteiger charge is 2.09. The zero-order chi connectivity index (χ0) is 18.0. The number of hydrogen-bond donors (Lipinski definition) is 7. The van der Waals surface area contributed by atoms with Crippen LogP contribution in [0.15, 0.2) is 43.8 Å². The minimum absolute atomic E-state index is 0.0234. The number of hydrogen-bond acceptors (Lipinski definition) is 10. The number of benzene rings is 1. The van der Waals surface area contributed by atoms with E-state index in [4.69, 9.17) is 5.73 Å². The van der Waals surface area contributed by atoms with Crippen LogP contribution in [0.25, 0.3) is 0 Å². The number of nitrogens with one attached hydrogen (secondary N) is 4. The fourth-order valence-electron chi connectivity index (χ4n) is 1.87. The lowest BCUT2D eigenvalue weighted by Gasteiger charge is -2.10. The number of aromatic nitrogens is 5. The molecule has 0 radical (unpaired) electrons. The zero-order valence-corrected chi connectivity index (χ0v) is 14.2. The predicted octanol–water partition coefficient (Wildman–Crippen LogP) is 0.895. The first-order valence-corrected chi connectivity index (χ1v) is 7.70. The minimum atomic E-state index is -0.627. The molecule has 1 aromatic carbocycles. The van der Waals surface area contributed by atoms with Crippen molar-refractivity contribution in [3.8, 4) is 0 Å². The lowest BCUT2D eigenvalue weighted by atomic mass is 10.3. The van der Waals surface area contributed by atoms with Gasteiger partial charge in [0, 0.05) is 16.0 Å². The monoisotopic (exact) mass is 376 g/mol. The van der Waals surface area contributed by atoms with Crippen LogP contribution in [0.5, 0.6) is 0 Å². The van der Waals surface area contributed by atoms with Gasteiger partial charge in [-0.25, -0.2) is 4.79 Å². The highest BCUT2D eigenvalue weighted by Crippen LogP contribution is 2.25. The van der Waals surface area contributed by atoms with E-state index in [-0.39, 0.29) is 23.5 Å². The van der Waals surface area contributed by atoms with Crippen LogP contribution >= 0.6 is 25.3 Å². The third-order valence-electron chi connectivity index (χ3n) is 2.95. The number of thiol groups is 2. The van der Waals surface area contributed by atoms with Crippen LogP contribution in [0.2, 0.25) is 0 Å². The maximum Gasteiger partial charge on any atom is 0.325 e. The summed E-state index contributed by atoms with van der Waals surface area (Å²) in [6.45, 7) is 0. The average molecular weight is 376 g/mol. The van der Waals surface area contributed by atoms with Gasteiger partial charge in [-0.3, -0.25) is 9.78 Å². The van der Waals surface area contributed by atoms with Crippen LogP contribution in [-0.2, 0) is 0 Å². The molecule has 3 aromatic rings. The van der Waals surface area contributed by atoms with Gasteiger partial charge in [0.15, 0.2) is 0 Å². The number of H-pyrrole nitrogens is 2. The maximum absolute atomic E-state index is 11.7. The van der Waals surface area contributed by atoms with Crippen molar-refractivity contribution in [2.75, 3.05) is 16.4 Å². The first-order chi connectivity index (χ1) is 11.9. The van der Waals surface area contributed by atoms with E-state index in [2.05, 4.69) is 60.8 Å². The van der Waals surface area contributed by atoms with E-state index in [1.165, 1.54) is 6.20 Å². The molecule has 0 fully saturated rings. The molecule has 2 aromatic heterocycles. The lowest BCUT2D eigenvalue weighted by Crippen LogP contribution is -2.23. The quantitative estimate of drug-likeness (QED) is 0.331. The van der Waals surface area contributed by atoms with Crippen molar-refractivity contribution < 1.29 is 0 Å². The van der Waals surface area contributed by atoms with Gasteiger partial charge in [-0.15, -0.1) is 25.3 Å². The second-order valence-corrected chi connectivity index (χ2v) is 5.78. The fourth-order valence-corrected chi connectivity index (χ4v) is 2.27. The predicted molar refractivity (Wildman–Crippen MR) is 99.4 cm³/mol. The van der Waals surface area contributed by atoms with Crippen molar-refractivity contribution >= 4 is 54.5 Å². The number of aromatic amines is 2. The van der Waals surface area contributed by atoms with Crippen LogP contribution in [0.1, 0.15) is 0 Å². The van der Waals surface area contributed by atoms with Gasteiger partial charge in [0.1, 0.15) is 5.69 Å². The number of nitrogens with zero attached hydrogens (tertiary/aromatic N) is 3. The first kappa shape index (κ1) is 16.9. The molecular weight excluding hydrogens is 364 g/mol. The molecule has 0 saturated heterocycles. The number of anilines is 5. The van der Waals surface area contributed by atoms with Gasteiger partial charge in [-0.1, -0.05) is 0 Å². The Morgan fingerprint density at radius 3 is 2.36 bits per heavy atom. The molecule has 0 spiro atoms. The number of rotatable bonds is 4. The van der Waals surface area contributed by atoms with Crippen LogP contribution in [-0.4, -0.2) is 24.9 Å².